The van der Waals surface area contributed by atoms with Gasteiger partial charge in [-0.2, -0.15) is 5.10 Å². The summed E-state index contributed by atoms with van der Waals surface area (Å²) < 4.78 is 2.00. The van der Waals surface area contributed by atoms with Gasteiger partial charge in [-0.3, -0.25) is 16.0 Å². The molecule has 1 fully saturated rings. The van der Waals surface area contributed by atoms with Gasteiger partial charge in [0, 0.05) is 6.54 Å². The van der Waals surface area contributed by atoms with Gasteiger partial charge in [0.05, 0.1) is 29.5 Å². The molecule has 1 saturated carbocycles. The highest BCUT2D eigenvalue weighted by Crippen LogP contribution is 2.40. The molecule has 3 N–H and O–H groups in total. The Hall–Kier alpha value is -0.620. The number of aromatic nitrogens is 2. The molecule has 0 spiro atoms. The van der Waals surface area contributed by atoms with Crippen LogP contribution in [0.2, 0.25) is 5.02 Å². The molecular weight excluding hydrogens is 274 g/mol. The van der Waals surface area contributed by atoms with Crippen LogP contribution < -0.4 is 11.3 Å². The Balaban J connectivity index is 2.18. The fourth-order valence-corrected chi connectivity index (χ4v) is 3.40. The van der Waals surface area contributed by atoms with Gasteiger partial charge in [-0.15, -0.1) is 0 Å². The van der Waals surface area contributed by atoms with Gasteiger partial charge in [0.25, 0.3) is 0 Å². The topological polar surface area (TPSA) is 59.1 Å². The van der Waals surface area contributed by atoms with Crippen LogP contribution in [-0.2, 0) is 6.54 Å². The molecule has 20 heavy (non-hydrogen) atoms. The molecule has 0 saturated heterocycles. The molecule has 114 valence electrons. The first-order chi connectivity index (χ1) is 9.52. The van der Waals surface area contributed by atoms with Crippen molar-refractivity contribution in [3.8, 4) is 0 Å². The minimum absolute atomic E-state index is 0.0945. The molecule has 5 nitrogen and oxygen atoms in total. The van der Waals surface area contributed by atoms with Crippen LogP contribution in [0.3, 0.4) is 0 Å². The highest BCUT2D eigenvalue weighted by atomic mass is 35.5. The van der Waals surface area contributed by atoms with E-state index in [1.54, 1.807) is 6.20 Å². The Morgan fingerprint density at radius 2 is 2.30 bits per heavy atom. The van der Waals surface area contributed by atoms with Crippen LogP contribution in [0.5, 0.6) is 0 Å². The summed E-state index contributed by atoms with van der Waals surface area (Å²) in [7, 11) is 4.12. The van der Waals surface area contributed by atoms with Crippen LogP contribution in [0.1, 0.15) is 37.9 Å². The van der Waals surface area contributed by atoms with Gasteiger partial charge in [-0.05, 0) is 38.8 Å². The van der Waals surface area contributed by atoms with Crippen LogP contribution in [0.4, 0.5) is 0 Å². The second-order valence-corrected chi connectivity index (χ2v) is 6.63. The Labute approximate surface area is 126 Å². The van der Waals surface area contributed by atoms with Crippen LogP contribution in [0, 0.1) is 11.8 Å². The van der Waals surface area contributed by atoms with Crippen molar-refractivity contribution in [2.45, 2.75) is 38.8 Å². The Bertz CT molecular complexity index is 431. The third-order valence-electron chi connectivity index (χ3n) is 4.27. The number of nitrogens with two attached hydrogens (primary N) is 1. The van der Waals surface area contributed by atoms with Gasteiger partial charge >= 0.3 is 0 Å². The van der Waals surface area contributed by atoms with Gasteiger partial charge in [0.2, 0.25) is 0 Å². The van der Waals surface area contributed by atoms with Crippen molar-refractivity contribution in [2.75, 3.05) is 20.6 Å². The third-order valence-corrected chi connectivity index (χ3v) is 4.56. The monoisotopic (exact) mass is 299 g/mol. The number of hydrazine groups is 1. The summed E-state index contributed by atoms with van der Waals surface area (Å²) in [5.74, 6) is 7.14. The third kappa shape index (κ3) is 3.52. The number of likely N-dealkylation sites (N-methyl/N-ethyl adjacent to an activating group) is 1. The summed E-state index contributed by atoms with van der Waals surface area (Å²) in [6.45, 7) is 4.07. The van der Waals surface area contributed by atoms with Crippen molar-refractivity contribution in [1.29, 1.82) is 0 Å². The van der Waals surface area contributed by atoms with Gasteiger partial charge in [-0.1, -0.05) is 24.9 Å². The highest BCUT2D eigenvalue weighted by molar-refractivity contribution is 6.31. The molecule has 1 aliphatic rings. The van der Waals surface area contributed by atoms with E-state index in [4.69, 9.17) is 17.4 Å². The first-order valence-electron chi connectivity index (χ1n) is 7.35. The van der Waals surface area contributed by atoms with Gasteiger partial charge in [0.15, 0.2) is 0 Å². The molecule has 1 heterocycles. The molecule has 3 unspecified atom stereocenters. The number of nitrogens with zero attached hydrogens (tertiary/aromatic N) is 3. The van der Waals surface area contributed by atoms with Crippen LogP contribution in [0.15, 0.2) is 6.20 Å². The number of hydrogen-bond donors (Lipinski definition) is 2. The maximum atomic E-state index is 6.36. The predicted molar refractivity (Wildman–Crippen MR) is 82.4 cm³/mol. The minimum Gasteiger partial charge on any atom is -0.308 e. The summed E-state index contributed by atoms with van der Waals surface area (Å²) in [5.41, 5.74) is 4.01. The summed E-state index contributed by atoms with van der Waals surface area (Å²) >= 11 is 6.36. The molecule has 1 aromatic rings. The molecular formula is C14H26ClN5. The molecule has 0 aliphatic heterocycles. The fourth-order valence-electron chi connectivity index (χ4n) is 3.15. The molecule has 0 radical (unpaired) electrons. The molecule has 0 amide bonds. The number of halogens is 1. The lowest BCUT2D eigenvalue weighted by atomic mass is 9.94. The lowest BCUT2D eigenvalue weighted by molar-refractivity contribution is 0.324. The summed E-state index contributed by atoms with van der Waals surface area (Å²) in [5, 5.41) is 5.12. The van der Waals surface area contributed by atoms with Crippen molar-refractivity contribution in [3.63, 3.8) is 0 Å². The second-order valence-electron chi connectivity index (χ2n) is 6.23. The fraction of sp³-hybridized carbons (Fsp3) is 0.786. The van der Waals surface area contributed by atoms with E-state index < -0.39 is 0 Å². The van der Waals surface area contributed by atoms with E-state index in [1.165, 1.54) is 19.3 Å². The molecule has 3 atom stereocenters. The van der Waals surface area contributed by atoms with Crippen molar-refractivity contribution < 1.29 is 0 Å². The second kappa shape index (κ2) is 6.89. The molecule has 2 rings (SSSR count). The minimum atomic E-state index is 0.0945. The standard InChI is InChI=1S/C14H26ClN5/c1-10-4-5-11(8-10)13(18-16)14-12(15)9-17-20(14)7-6-19(2)3/h9-11,13,18H,4-8,16H2,1-3H3. The van der Waals surface area contributed by atoms with Gasteiger partial charge in [0.1, 0.15) is 0 Å². The summed E-state index contributed by atoms with van der Waals surface area (Å²) in [6.07, 6.45) is 5.40. The van der Waals surface area contributed by atoms with Crippen LogP contribution in [-0.4, -0.2) is 35.3 Å². The van der Waals surface area contributed by atoms with E-state index in [0.717, 1.165) is 24.7 Å². The van der Waals surface area contributed by atoms with Crippen LogP contribution >= 0.6 is 11.6 Å². The first kappa shape index (κ1) is 15.8. The smallest absolute Gasteiger partial charge is 0.0834 e. The van der Waals surface area contributed by atoms with Crippen molar-refractivity contribution in [1.82, 2.24) is 20.1 Å². The Morgan fingerprint density at radius 1 is 1.55 bits per heavy atom. The van der Waals surface area contributed by atoms with Crippen molar-refractivity contribution in [3.05, 3.63) is 16.9 Å². The molecule has 0 bridgehead atoms. The van der Waals surface area contributed by atoms with Crippen molar-refractivity contribution >= 4 is 11.6 Å². The number of rotatable bonds is 6. The van der Waals surface area contributed by atoms with E-state index in [0.29, 0.717) is 10.9 Å². The van der Waals surface area contributed by atoms with E-state index in [9.17, 15) is 0 Å². The Kier molecular flexibility index (Phi) is 5.43. The van der Waals surface area contributed by atoms with Gasteiger partial charge in [-0.25, -0.2) is 0 Å². The lowest BCUT2D eigenvalue weighted by Crippen LogP contribution is -2.35. The summed E-state index contributed by atoms with van der Waals surface area (Å²) in [4.78, 5) is 2.14. The van der Waals surface area contributed by atoms with Crippen LogP contribution in [0.25, 0.3) is 0 Å². The highest BCUT2D eigenvalue weighted by Gasteiger charge is 2.32. The first-order valence-corrected chi connectivity index (χ1v) is 7.72. The lowest BCUT2D eigenvalue weighted by Gasteiger charge is -2.25. The molecule has 0 aromatic carbocycles. The predicted octanol–water partition coefficient (Wildman–Crippen LogP) is 2.04. The number of hydrogen-bond acceptors (Lipinski definition) is 4. The Morgan fingerprint density at radius 3 is 2.85 bits per heavy atom. The van der Waals surface area contributed by atoms with Crippen molar-refractivity contribution in [2.24, 2.45) is 17.7 Å². The quantitative estimate of drug-likeness (QED) is 0.623. The zero-order chi connectivity index (χ0) is 14.7. The average Bonchev–Trinajstić information content (AvgIpc) is 2.97. The van der Waals surface area contributed by atoms with E-state index in [1.807, 2.05) is 4.68 Å². The van der Waals surface area contributed by atoms with Gasteiger partial charge < -0.3 is 4.90 Å². The zero-order valence-electron chi connectivity index (χ0n) is 12.6. The molecule has 6 heteroatoms. The average molecular weight is 300 g/mol. The number of nitrogens with one attached hydrogen (secondary N) is 1. The van der Waals surface area contributed by atoms with E-state index in [-0.39, 0.29) is 6.04 Å². The van der Waals surface area contributed by atoms with E-state index >= 15 is 0 Å². The molecule has 1 aliphatic carbocycles. The van der Waals surface area contributed by atoms with E-state index in [2.05, 4.69) is 36.4 Å². The maximum absolute atomic E-state index is 6.36. The maximum Gasteiger partial charge on any atom is 0.0834 e. The normalized spacial score (nSPS) is 24.5. The molecule has 1 aromatic heterocycles. The SMILES string of the molecule is CC1CCC(C(NN)c2c(Cl)cnn2CCN(C)C)C1. The summed E-state index contributed by atoms with van der Waals surface area (Å²) in [6, 6.07) is 0.0945. The largest absolute Gasteiger partial charge is 0.308 e. The zero-order valence-corrected chi connectivity index (χ0v) is 13.4.